The molecular formula is C15H19NO5S. The topological polar surface area (TPSA) is 80.8 Å². The van der Waals surface area contributed by atoms with Gasteiger partial charge < -0.3 is 9.64 Å². The van der Waals surface area contributed by atoms with Crippen LogP contribution in [-0.2, 0) is 24.2 Å². The molecule has 1 heterocycles. The normalized spacial score (nSPS) is 20.0. The Morgan fingerprint density at radius 2 is 1.91 bits per heavy atom. The first-order valence-electron chi connectivity index (χ1n) is 6.94. The minimum atomic E-state index is -3.26. The van der Waals surface area contributed by atoms with Crippen LogP contribution in [0.2, 0.25) is 0 Å². The Morgan fingerprint density at radius 3 is 2.41 bits per heavy atom. The van der Waals surface area contributed by atoms with Crippen LogP contribution in [-0.4, -0.2) is 44.6 Å². The molecule has 0 spiro atoms. The summed E-state index contributed by atoms with van der Waals surface area (Å²) in [6.45, 7) is 1.81. The quantitative estimate of drug-likeness (QED) is 0.780. The van der Waals surface area contributed by atoms with Crippen molar-refractivity contribution in [3.8, 4) is 0 Å². The van der Waals surface area contributed by atoms with Gasteiger partial charge in [0, 0.05) is 12.7 Å². The maximum absolute atomic E-state index is 12.1. The summed E-state index contributed by atoms with van der Waals surface area (Å²) in [6, 6.07) is 5.45. The lowest BCUT2D eigenvalue weighted by Crippen LogP contribution is -2.40. The van der Waals surface area contributed by atoms with Crippen molar-refractivity contribution in [1.82, 2.24) is 4.90 Å². The number of sulfone groups is 1. The first-order chi connectivity index (χ1) is 10.3. The monoisotopic (exact) mass is 325 g/mol. The SMILES string of the molecule is COC(=O)C1CCC(=O)N1C(C)c1ccc(S(C)(=O)=O)cc1. The van der Waals surface area contributed by atoms with E-state index in [0.717, 1.165) is 11.8 Å². The molecule has 1 amide bonds. The molecule has 6 nitrogen and oxygen atoms in total. The van der Waals surface area contributed by atoms with Crippen molar-refractivity contribution in [1.29, 1.82) is 0 Å². The van der Waals surface area contributed by atoms with Crippen LogP contribution in [0.4, 0.5) is 0 Å². The first kappa shape index (κ1) is 16.5. The number of methoxy groups -OCH3 is 1. The Bertz CT molecular complexity index is 680. The highest BCUT2D eigenvalue weighted by Crippen LogP contribution is 2.31. The third-order valence-corrected chi connectivity index (χ3v) is 5.07. The summed E-state index contributed by atoms with van der Waals surface area (Å²) >= 11 is 0. The minimum absolute atomic E-state index is 0.102. The van der Waals surface area contributed by atoms with Gasteiger partial charge in [0.25, 0.3) is 0 Å². The number of carbonyl (C=O) groups excluding carboxylic acids is 2. The fourth-order valence-corrected chi connectivity index (χ4v) is 3.34. The molecule has 0 bridgehead atoms. The molecule has 1 aromatic rings. The van der Waals surface area contributed by atoms with E-state index in [-0.39, 0.29) is 16.8 Å². The zero-order valence-corrected chi connectivity index (χ0v) is 13.6. The van der Waals surface area contributed by atoms with E-state index in [2.05, 4.69) is 0 Å². The van der Waals surface area contributed by atoms with Crippen molar-refractivity contribution in [2.45, 2.75) is 36.7 Å². The first-order valence-corrected chi connectivity index (χ1v) is 8.84. The summed E-state index contributed by atoms with van der Waals surface area (Å²) < 4.78 is 27.7. The zero-order valence-electron chi connectivity index (χ0n) is 12.8. The van der Waals surface area contributed by atoms with E-state index in [1.54, 1.807) is 12.1 Å². The minimum Gasteiger partial charge on any atom is -0.467 e. The smallest absolute Gasteiger partial charge is 0.328 e. The Hall–Kier alpha value is -1.89. The van der Waals surface area contributed by atoms with Gasteiger partial charge in [-0.1, -0.05) is 12.1 Å². The average Bonchev–Trinajstić information content (AvgIpc) is 2.86. The second kappa shape index (κ2) is 6.08. The Labute approximate surface area is 130 Å². The predicted octanol–water partition coefficient (Wildman–Crippen LogP) is 1.32. The highest BCUT2D eigenvalue weighted by atomic mass is 32.2. The van der Waals surface area contributed by atoms with Gasteiger partial charge in [-0.2, -0.15) is 0 Å². The van der Waals surface area contributed by atoms with Crippen LogP contribution in [0.1, 0.15) is 31.4 Å². The van der Waals surface area contributed by atoms with Crippen LogP contribution in [0.25, 0.3) is 0 Å². The number of likely N-dealkylation sites (tertiary alicyclic amines) is 1. The van der Waals surface area contributed by atoms with Crippen LogP contribution >= 0.6 is 0 Å². The average molecular weight is 325 g/mol. The molecule has 2 rings (SSSR count). The molecule has 0 aliphatic carbocycles. The van der Waals surface area contributed by atoms with E-state index in [1.807, 2.05) is 6.92 Å². The van der Waals surface area contributed by atoms with Gasteiger partial charge in [-0.3, -0.25) is 4.79 Å². The molecule has 1 aliphatic heterocycles. The van der Waals surface area contributed by atoms with Gasteiger partial charge in [0.15, 0.2) is 9.84 Å². The third-order valence-electron chi connectivity index (χ3n) is 3.94. The van der Waals surface area contributed by atoms with Crippen LogP contribution < -0.4 is 0 Å². The number of nitrogens with zero attached hydrogens (tertiary/aromatic N) is 1. The molecule has 0 saturated carbocycles. The number of carbonyl (C=O) groups is 2. The molecule has 0 aromatic heterocycles. The number of hydrogen-bond acceptors (Lipinski definition) is 5. The molecule has 2 atom stereocenters. The summed E-state index contributed by atoms with van der Waals surface area (Å²) in [7, 11) is -1.96. The largest absolute Gasteiger partial charge is 0.467 e. The summed E-state index contributed by atoms with van der Waals surface area (Å²) in [4.78, 5) is 25.6. The van der Waals surface area contributed by atoms with Gasteiger partial charge in [-0.05, 0) is 31.0 Å². The van der Waals surface area contributed by atoms with Gasteiger partial charge in [-0.25, -0.2) is 13.2 Å². The molecule has 120 valence electrons. The summed E-state index contributed by atoms with van der Waals surface area (Å²) in [6.07, 6.45) is 1.89. The summed E-state index contributed by atoms with van der Waals surface area (Å²) in [5.74, 6) is -0.527. The molecule has 22 heavy (non-hydrogen) atoms. The molecule has 7 heteroatoms. The Kier molecular flexibility index (Phi) is 4.55. The standard InChI is InChI=1S/C15H19NO5S/c1-10(11-4-6-12(7-5-11)22(3,19)20)16-13(15(18)21-2)8-9-14(16)17/h4-7,10,13H,8-9H2,1-3H3. The lowest BCUT2D eigenvalue weighted by molar-refractivity contribution is -0.150. The lowest BCUT2D eigenvalue weighted by atomic mass is 10.1. The number of amides is 1. The van der Waals surface area contributed by atoms with Crippen LogP contribution in [0.3, 0.4) is 0 Å². The van der Waals surface area contributed by atoms with Gasteiger partial charge in [0.1, 0.15) is 6.04 Å². The van der Waals surface area contributed by atoms with Crippen molar-refractivity contribution in [2.75, 3.05) is 13.4 Å². The number of benzene rings is 1. The van der Waals surface area contributed by atoms with Gasteiger partial charge >= 0.3 is 5.97 Å². The molecule has 2 unspecified atom stereocenters. The van der Waals surface area contributed by atoms with Gasteiger partial charge in [-0.15, -0.1) is 0 Å². The van der Waals surface area contributed by atoms with E-state index in [4.69, 9.17) is 4.74 Å². The second-order valence-electron chi connectivity index (χ2n) is 5.40. The number of hydrogen-bond donors (Lipinski definition) is 0. The third kappa shape index (κ3) is 3.14. The van der Waals surface area contributed by atoms with E-state index in [0.29, 0.717) is 12.8 Å². The Balaban J connectivity index is 2.28. The van der Waals surface area contributed by atoms with Crippen LogP contribution in [0, 0.1) is 0 Å². The fourth-order valence-electron chi connectivity index (χ4n) is 2.71. The molecule has 1 aromatic carbocycles. The number of rotatable bonds is 4. The maximum atomic E-state index is 12.1. The summed E-state index contributed by atoms with van der Waals surface area (Å²) in [5, 5.41) is 0. The van der Waals surface area contributed by atoms with E-state index < -0.39 is 21.8 Å². The van der Waals surface area contributed by atoms with Gasteiger partial charge in [0.2, 0.25) is 5.91 Å². The molecule has 1 aliphatic rings. The van der Waals surface area contributed by atoms with Crippen molar-refractivity contribution < 1.29 is 22.7 Å². The number of ether oxygens (including phenoxy) is 1. The van der Waals surface area contributed by atoms with Crippen molar-refractivity contribution >= 4 is 21.7 Å². The van der Waals surface area contributed by atoms with Crippen molar-refractivity contribution in [2.24, 2.45) is 0 Å². The predicted molar refractivity (Wildman–Crippen MR) is 79.9 cm³/mol. The molecule has 1 fully saturated rings. The van der Waals surface area contributed by atoms with Crippen molar-refractivity contribution in [3.63, 3.8) is 0 Å². The number of esters is 1. The van der Waals surface area contributed by atoms with Gasteiger partial charge in [0.05, 0.1) is 18.0 Å². The fraction of sp³-hybridized carbons (Fsp3) is 0.467. The van der Waals surface area contributed by atoms with E-state index >= 15 is 0 Å². The van der Waals surface area contributed by atoms with Crippen molar-refractivity contribution in [3.05, 3.63) is 29.8 Å². The van der Waals surface area contributed by atoms with E-state index in [9.17, 15) is 18.0 Å². The summed E-state index contributed by atoms with van der Waals surface area (Å²) in [5.41, 5.74) is 0.775. The van der Waals surface area contributed by atoms with Crippen LogP contribution in [0.5, 0.6) is 0 Å². The Morgan fingerprint density at radius 1 is 1.32 bits per heavy atom. The lowest BCUT2D eigenvalue weighted by Gasteiger charge is -2.29. The zero-order chi connectivity index (χ0) is 16.5. The highest BCUT2D eigenvalue weighted by Gasteiger charge is 2.39. The molecule has 0 N–H and O–H groups in total. The molecule has 0 radical (unpaired) electrons. The van der Waals surface area contributed by atoms with Crippen LogP contribution in [0.15, 0.2) is 29.2 Å². The maximum Gasteiger partial charge on any atom is 0.328 e. The highest BCUT2D eigenvalue weighted by molar-refractivity contribution is 7.90. The molecule has 1 saturated heterocycles. The molecular weight excluding hydrogens is 306 g/mol. The second-order valence-corrected chi connectivity index (χ2v) is 7.41. The van der Waals surface area contributed by atoms with E-state index in [1.165, 1.54) is 24.1 Å².